The lowest BCUT2D eigenvalue weighted by Crippen LogP contribution is -2.40. The van der Waals surface area contributed by atoms with Crippen molar-refractivity contribution in [1.29, 1.82) is 0 Å². The molecule has 5 nitrogen and oxygen atoms in total. The normalized spacial score (nSPS) is 12.1. The van der Waals surface area contributed by atoms with Gasteiger partial charge in [0.25, 0.3) is 0 Å². The van der Waals surface area contributed by atoms with Crippen LogP contribution < -0.4 is 11.1 Å². The number of aromatic amines is 1. The maximum absolute atomic E-state index is 11.8. The first-order valence-electron chi connectivity index (χ1n) is 7.32. The molecule has 0 aliphatic rings. The minimum atomic E-state index is -0.408. The molecule has 2 rings (SSSR count). The Labute approximate surface area is 124 Å². The van der Waals surface area contributed by atoms with Crippen LogP contribution in [0.4, 0.5) is 0 Å². The number of nitrogens with one attached hydrogen (secondary N) is 2. The van der Waals surface area contributed by atoms with Gasteiger partial charge in [-0.05, 0) is 23.6 Å². The van der Waals surface area contributed by atoms with E-state index in [9.17, 15) is 4.79 Å². The molecular weight excluding hydrogens is 264 g/mol. The van der Waals surface area contributed by atoms with Crippen molar-refractivity contribution in [3.63, 3.8) is 0 Å². The summed E-state index contributed by atoms with van der Waals surface area (Å²) in [6, 6.07) is 9.51. The standard InChI is InChI=1S/C16H22N4O/c1-2-3-4-14(17)16(21)18-11-12-5-7-13(8-6-12)15-9-10-19-20-15/h5-10,14H,2-4,11,17H2,1H3,(H,18,21)(H,19,20). The molecule has 5 heteroatoms. The second-order valence-corrected chi connectivity index (χ2v) is 5.13. The molecule has 0 saturated carbocycles. The van der Waals surface area contributed by atoms with Crippen LogP contribution in [0.3, 0.4) is 0 Å². The van der Waals surface area contributed by atoms with Crippen molar-refractivity contribution in [3.05, 3.63) is 42.1 Å². The Kier molecular flexibility index (Phi) is 5.51. The molecule has 112 valence electrons. The van der Waals surface area contributed by atoms with Crippen LogP contribution in [0, 0.1) is 0 Å². The number of hydrogen-bond donors (Lipinski definition) is 3. The zero-order chi connectivity index (χ0) is 15.1. The van der Waals surface area contributed by atoms with Gasteiger partial charge >= 0.3 is 0 Å². The lowest BCUT2D eigenvalue weighted by molar-refractivity contribution is -0.122. The summed E-state index contributed by atoms with van der Waals surface area (Å²) >= 11 is 0. The average Bonchev–Trinajstić information content (AvgIpc) is 3.05. The van der Waals surface area contributed by atoms with Gasteiger partial charge in [0.05, 0.1) is 11.7 Å². The fourth-order valence-corrected chi connectivity index (χ4v) is 2.09. The number of nitrogens with two attached hydrogens (primary N) is 1. The van der Waals surface area contributed by atoms with Crippen molar-refractivity contribution in [1.82, 2.24) is 15.5 Å². The molecule has 1 unspecified atom stereocenters. The summed E-state index contributed by atoms with van der Waals surface area (Å²) in [6.07, 6.45) is 4.49. The van der Waals surface area contributed by atoms with E-state index in [0.717, 1.165) is 36.1 Å². The van der Waals surface area contributed by atoms with Crippen molar-refractivity contribution in [2.75, 3.05) is 0 Å². The quantitative estimate of drug-likeness (QED) is 0.729. The number of benzene rings is 1. The van der Waals surface area contributed by atoms with Gasteiger partial charge in [0, 0.05) is 12.7 Å². The lowest BCUT2D eigenvalue weighted by atomic mass is 10.1. The average molecular weight is 286 g/mol. The molecule has 1 amide bonds. The number of rotatable bonds is 7. The number of nitrogens with zero attached hydrogens (tertiary/aromatic N) is 1. The van der Waals surface area contributed by atoms with Crippen LogP contribution in [0.25, 0.3) is 11.3 Å². The number of unbranched alkanes of at least 4 members (excludes halogenated alkanes) is 1. The second kappa shape index (κ2) is 7.59. The van der Waals surface area contributed by atoms with E-state index in [0.29, 0.717) is 6.54 Å². The predicted molar refractivity (Wildman–Crippen MR) is 83.4 cm³/mol. The van der Waals surface area contributed by atoms with Crippen LogP contribution in [0.15, 0.2) is 36.5 Å². The van der Waals surface area contributed by atoms with Gasteiger partial charge < -0.3 is 11.1 Å². The van der Waals surface area contributed by atoms with E-state index in [1.165, 1.54) is 0 Å². The Hall–Kier alpha value is -2.14. The molecule has 0 saturated heterocycles. The van der Waals surface area contributed by atoms with Crippen LogP contribution in [0.2, 0.25) is 0 Å². The molecule has 1 atom stereocenters. The van der Waals surface area contributed by atoms with Gasteiger partial charge in [-0.25, -0.2) is 0 Å². The second-order valence-electron chi connectivity index (χ2n) is 5.13. The molecule has 1 aromatic carbocycles. The largest absolute Gasteiger partial charge is 0.351 e. The van der Waals surface area contributed by atoms with E-state index in [1.54, 1.807) is 6.20 Å². The van der Waals surface area contributed by atoms with Crippen molar-refractivity contribution >= 4 is 5.91 Å². The first-order chi connectivity index (χ1) is 10.2. The van der Waals surface area contributed by atoms with Gasteiger partial charge in [-0.15, -0.1) is 0 Å². The number of carbonyl (C=O) groups is 1. The fraction of sp³-hybridized carbons (Fsp3) is 0.375. The number of H-pyrrole nitrogens is 1. The van der Waals surface area contributed by atoms with Crippen LogP contribution in [0.5, 0.6) is 0 Å². The molecule has 1 aromatic heterocycles. The summed E-state index contributed by atoms with van der Waals surface area (Å²) in [4.78, 5) is 11.8. The minimum absolute atomic E-state index is 0.0823. The van der Waals surface area contributed by atoms with Crippen molar-refractivity contribution in [3.8, 4) is 11.3 Å². The summed E-state index contributed by atoms with van der Waals surface area (Å²) in [7, 11) is 0. The third-order valence-corrected chi connectivity index (χ3v) is 3.44. The maximum Gasteiger partial charge on any atom is 0.237 e. The number of carbonyl (C=O) groups excluding carboxylic acids is 1. The molecule has 2 aromatic rings. The highest BCUT2D eigenvalue weighted by molar-refractivity contribution is 5.81. The number of amides is 1. The van der Waals surface area contributed by atoms with Crippen LogP contribution in [-0.2, 0) is 11.3 Å². The van der Waals surface area contributed by atoms with Gasteiger partial charge in [0.1, 0.15) is 0 Å². The molecule has 0 spiro atoms. The summed E-state index contributed by atoms with van der Waals surface area (Å²) in [5, 5.41) is 9.73. The van der Waals surface area contributed by atoms with Crippen LogP contribution in [0.1, 0.15) is 31.7 Å². The summed E-state index contributed by atoms with van der Waals surface area (Å²) in [5.41, 5.74) is 8.93. The summed E-state index contributed by atoms with van der Waals surface area (Å²) in [6.45, 7) is 2.59. The van der Waals surface area contributed by atoms with E-state index in [-0.39, 0.29) is 5.91 Å². The van der Waals surface area contributed by atoms with Gasteiger partial charge in [-0.1, -0.05) is 44.0 Å². The Morgan fingerprint density at radius 3 is 2.71 bits per heavy atom. The van der Waals surface area contributed by atoms with E-state index < -0.39 is 6.04 Å². The Morgan fingerprint density at radius 1 is 1.33 bits per heavy atom. The SMILES string of the molecule is CCCCC(N)C(=O)NCc1ccc(-c2ccn[nH]2)cc1. The minimum Gasteiger partial charge on any atom is -0.351 e. The molecule has 0 fully saturated rings. The fourth-order valence-electron chi connectivity index (χ4n) is 2.09. The van der Waals surface area contributed by atoms with Crippen molar-refractivity contribution in [2.45, 2.75) is 38.8 Å². The van der Waals surface area contributed by atoms with Gasteiger partial charge in [-0.2, -0.15) is 5.10 Å². The monoisotopic (exact) mass is 286 g/mol. The highest BCUT2D eigenvalue weighted by Crippen LogP contribution is 2.16. The molecule has 0 aliphatic heterocycles. The van der Waals surface area contributed by atoms with Crippen molar-refractivity contribution < 1.29 is 4.79 Å². The van der Waals surface area contributed by atoms with E-state index >= 15 is 0 Å². The van der Waals surface area contributed by atoms with Gasteiger partial charge in [0.2, 0.25) is 5.91 Å². The van der Waals surface area contributed by atoms with Crippen LogP contribution in [-0.4, -0.2) is 22.1 Å². The topological polar surface area (TPSA) is 83.8 Å². The highest BCUT2D eigenvalue weighted by Gasteiger charge is 2.11. The van der Waals surface area contributed by atoms with E-state index in [4.69, 9.17) is 5.73 Å². The van der Waals surface area contributed by atoms with Crippen molar-refractivity contribution in [2.24, 2.45) is 5.73 Å². The number of hydrogen-bond acceptors (Lipinski definition) is 3. The summed E-state index contributed by atoms with van der Waals surface area (Å²) < 4.78 is 0. The molecular formula is C16H22N4O. The first kappa shape index (κ1) is 15.3. The maximum atomic E-state index is 11.8. The van der Waals surface area contributed by atoms with Gasteiger partial charge in [0.15, 0.2) is 0 Å². The molecule has 1 heterocycles. The predicted octanol–water partition coefficient (Wildman–Crippen LogP) is 2.21. The molecule has 0 radical (unpaired) electrons. The third-order valence-electron chi connectivity index (χ3n) is 3.44. The third kappa shape index (κ3) is 4.43. The Morgan fingerprint density at radius 2 is 2.10 bits per heavy atom. The number of aromatic nitrogens is 2. The summed E-state index contributed by atoms with van der Waals surface area (Å²) in [5.74, 6) is -0.0823. The molecule has 0 bridgehead atoms. The lowest BCUT2D eigenvalue weighted by Gasteiger charge is -2.12. The molecule has 21 heavy (non-hydrogen) atoms. The molecule has 4 N–H and O–H groups in total. The molecule has 0 aliphatic carbocycles. The smallest absolute Gasteiger partial charge is 0.237 e. The van der Waals surface area contributed by atoms with Crippen LogP contribution >= 0.6 is 0 Å². The first-order valence-corrected chi connectivity index (χ1v) is 7.32. The highest BCUT2D eigenvalue weighted by atomic mass is 16.2. The zero-order valence-electron chi connectivity index (χ0n) is 12.3. The van der Waals surface area contributed by atoms with E-state index in [1.807, 2.05) is 30.3 Å². The van der Waals surface area contributed by atoms with E-state index in [2.05, 4.69) is 22.4 Å². The Bertz CT molecular complexity index is 548. The zero-order valence-corrected chi connectivity index (χ0v) is 12.3. The van der Waals surface area contributed by atoms with Gasteiger partial charge in [-0.3, -0.25) is 9.89 Å². The Balaban J connectivity index is 1.85.